The Bertz CT molecular complexity index is 3190. The maximum atomic E-state index is 2.48. The van der Waals surface area contributed by atoms with Gasteiger partial charge in [-0.2, -0.15) is 0 Å². The zero-order chi connectivity index (χ0) is 38.6. The summed E-state index contributed by atoms with van der Waals surface area (Å²) in [6.07, 6.45) is 9.11. The molecule has 0 fully saturated rings. The van der Waals surface area contributed by atoms with Crippen molar-refractivity contribution in [2.75, 3.05) is 4.90 Å². The monoisotopic (exact) mass is 743 g/mol. The third-order valence-electron chi connectivity index (χ3n) is 11.8. The van der Waals surface area contributed by atoms with Gasteiger partial charge >= 0.3 is 0 Å². The molecule has 0 N–H and O–H groups in total. The third kappa shape index (κ3) is 5.58. The highest BCUT2D eigenvalue weighted by Gasteiger charge is 2.23. The fourth-order valence-electron chi connectivity index (χ4n) is 9.15. The first-order valence-corrected chi connectivity index (χ1v) is 20.3. The van der Waals surface area contributed by atoms with Gasteiger partial charge in [0.2, 0.25) is 0 Å². The Balaban J connectivity index is 1.18. The average molecular weight is 744 g/mol. The van der Waals surface area contributed by atoms with Crippen molar-refractivity contribution in [3.63, 3.8) is 0 Å². The predicted octanol–water partition coefficient (Wildman–Crippen LogP) is 15.1. The first kappa shape index (κ1) is 33.9. The van der Waals surface area contributed by atoms with Gasteiger partial charge in [-0.05, 0) is 114 Å². The van der Waals surface area contributed by atoms with Gasteiger partial charge in [-0.25, -0.2) is 0 Å². The van der Waals surface area contributed by atoms with Gasteiger partial charge in [0.05, 0.1) is 33.4 Å². The molecule has 58 heavy (non-hydrogen) atoms. The molecule has 0 saturated heterocycles. The van der Waals surface area contributed by atoms with Crippen molar-refractivity contribution in [3.05, 3.63) is 217 Å². The molecule has 0 aliphatic heterocycles. The number of para-hydroxylation sites is 6. The van der Waals surface area contributed by atoms with Gasteiger partial charge < -0.3 is 14.0 Å². The molecule has 0 amide bonds. The van der Waals surface area contributed by atoms with Crippen LogP contribution in [-0.4, -0.2) is 9.13 Å². The summed E-state index contributed by atoms with van der Waals surface area (Å²) in [5, 5.41) is 4.96. The first-order chi connectivity index (χ1) is 28.7. The molecule has 10 aromatic rings. The van der Waals surface area contributed by atoms with Gasteiger partial charge in [0.25, 0.3) is 0 Å². The molecule has 0 spiro atoms. The highest BCUT2D eigenvalue weighted by Crippen LogP contribution is 2.45. The standard InChI is InChI=1S/C55H41N3/c1-38-18-8-12-26-49(38)56(53-30-16-17-31-54(53)58-51-28-14-10-23-45(51)46-24-11-15-29-52(46)58)43-32-33-48-47-25-9-13-27-50(47)57(55(48)37-43)44-35-41(39-19-4-2-5-20-39)34-42(36-44)40-21-6-3-7-22-40/h2,4-6,8-37H,3,7H2,1H3. The number of allylic oxidation sites excluding steroid dienone is 4. The van der Waals surface area contributed by atoms with E-state index in [0.29, 0.717) is 0 Å². The van der Waals surface area contributed by atoms with Crippen molar-refractivity contribution in [1.29, 1.82) is 0 Å². The number of rotatable bonds is 7. The lowest BCUT2D eigenvalue weighted by atomic mass is 9.95. The van der Waals surface area contributed by atoms with Crippen LogP contribution in [-0.2, 0) is 0 Å². The number of aryl methyl sites for hydroxylation is 1. The number of hydrogen-bond acceptors (Lipinski definition) is 1. The molecule has 0 unspecified atom stereocenters. The van der Waals surface area contributed by atoms with E-state index in [1.807, 2.05) is 0 Å². The molecule has 0 radical (unpaired) electrons. The van der Waals surface area contributed by atoms with E-state index in [4.69, 9.17) is 0 Å². The Labute approximate surface area is 338 Å². The normalized spacial score (nSPS) is 12.8. The second-order valence-electron chi connectivity index (χ2n) is 15.3. The molecule has 0 atom stereocenters. The Kier molecular flexibility index (Phi) is 8.18. The van der Waals surface area contributed by atoms with Crippen molar-refractivity contribution < 1.29 is 0 Å². The lowest BCUT2D eigenvalue weighted by molar-refractivity contribution is 1.04. The van der Waals surface area contributed by atoms with Crippen LogP contribution in [0.2, 0.25) is 0 Å². The molecule has 11 rings (SSSR count). The van der Waals surface area contributed by atoms with Gasteiger partial charge in [-0.1, -0.05) is 140 Å². The molecule has 2 heterocycles. The smallest absolute Gasteiger partial charge is 0.0702 e. The Morgan fingerprint density at radius 3 is 1.71 bits per heavy atom. The van der Waals surface area contributed by atoms with E-state index in [9.17, 15) is 0 Å². The van der Waals surface area contributed by atoms with Gasteiger partial charge in [-0.3, -0.25) is 0 Å². The van der Waals surface area contributed by atoms with Crippen LogP contribution >= 0.6 is 0 Å². The van der Waals surface area contributed by atoms with E-state index in [1.165, 1.54) is 65.9 Å². The molecular formula is C55H41N3. The number of benzene rings is 8. The summed E-state index contributed by atoms with van der Waals surface area (Å²) in [4.78, 5) is 2.46. The van der Waals surface area contributed by atoms with Crippen molar-refractivity contribution >= 4 is 66.2 Å². The van der Waals surface area contributed by atoms with Crippen molar-refractivity contribution in [2.45, 2.75) is 19.8 Å². The van der Waals surface area contributed by atoms with E-state index in [1.54, 1.807) is 0 Å². The van der Waals surface area contributed by atoms with Crippen molar-refractivity contribution in [2.24, 2.45) is 0 Å². The maximum absolute atomic E-state index is 2.48. The summed E-state index contributed by atoms with van der Waals surface area (Å²) in [7, 11) is 0. The molecule has 2 aromatic heterocycles. The fourth-order valence-corrected chi connectivity index (χ4v) is 9.15. The van der Waals surface area contributed by atoms with Crippen LogP contribution in [0, 0.1) is 6.92 Å². The highest BCUT2D eigenvalue weighted by molar-refractivity contribution is 6.12. The van der Waals surface area contributed by atoms with Crippen molar-refractivity contribution in [3.8, 4) is 22.5 Å². The second-order valence-corrected chi connectivity index (χ2v) is 15.3. The predicted molar refractivity (Wildman–Crippen MR) is 246 cm³/mol. The summed E-state index contributed by atoms with van der Waals surface area (Å²) < 4.78 is 4.91. The lowest BCUT2D eigenvalue weighted by Gasteiger charge is -2.29. The van der Waals surface area contributed by atoms with Gasteiger partial charge in [0.1, 0.15) is 0 Å². The van der Waals surface area contributed by atoms with E-state index >= 15 is 0 Å². The molecular weight excluding hydrogens is 703 g/mol. The minimum atomic E-state index is 1.06. The van der Waals surface area contributed by atoms with Gasteiger partial charge in [-0.15, -0.1) is 0 Å². The summed E-state index contributed by atoms with van der Waals surface area (Å²) >= 11 is 0. The molecule has 3 nitrogen and oxygen atoms in total. The molecule has 8 aromatic carbocycles. The van der Waals surface area contributed by atoms with Crippen LogP contribution in [0.1, 0.15) is 24.0 Å². The lowest BCUT2D eigenvalue weighted by Crippen LogP contribution is -2.14. The van der Waals surface area contributed by atoms with Crippen LogP contribution in [0.5, 0.6) is 0 Å². The summed E-state index contributed by atoms with van der Waals surface area (Å²) in [6, 6.07) is 68.9. The van der Waals surface area contributed by atoms with E-state index in [-0.39, 0.29) is 0 Å². The number of anilines is 3. The van der Waals surface area contributed by atoms with Crippen LogP contribution in [0.3, 0.4) is 0 Å². The zero-order valence-electron chi connectivity index (χ0n) is 32.4. The van der Waals surface area contributed by atoms with E-state index in [2.05, 4.69) is 227 Å². The van der Waals surface area contributed by atoms with E-state index < -0.39 is 0 Å². The van der Waals surface area contributed by atoms with Crippen LogP contribution < -0.4 is 4.90 Å². The summed E-state index contributed by atoms with van der Waals surface area (Å²) in [5.41, 5.74) is 16.5. The Morgan fingerprint density at radius 2 is 1.02 bits per heavy atom. The largest absolute Gasteiger partial charge is 0.309 e. The van der Waals surface area contributed by atoms with Crippen molar-refractivity contribution in [1.82, 2.24) is 9.13 Å². The molecule has 276 valence electrons. The second kappa shape index (κ2) is 14.0. The average Bonchev–Trinajstić information content (AvgIpc) is 3.80. The highest BCUT2D eigenvalue weighted by atomic mass is 15.2. The molecule has 1 aliphatic rings. The van der Waals surface area contributed by atoms with Crippen LogP contribution in [0.4, 0.5) is 17.1 Å². The summed E-state index contributed by atoms with van der Waals surface area (Å²) in [6.45, 7) is 2.21. The van der Waals surface area contributed by atoms with E-state index in [0.717, 1.165) is 46.8 Å². The topological polar surface area (TPSA) is 13.1 Å². The quantitative estimate of drug-likeness (QED) is 0.158. The Morgan fingerprint density at radius 1 is 0.431 bits per heavy atom. The zero-order valence-corrected chi connectivity index (χ0v) is 32.4. The number of aromatic nitrogens is 2. The molecule has 0 bridgehead atoms. The number of nitrogens with zero attached hydrogens (tertiary/aromatic N) is 3. The molecule has 1 aliphatic carbocycles. The fraction of sp³-hybridized carbons (Fsp3) is 0.0545. The molecule has 0 saturated carbocycles. The maximum Gasteiger partial charge on any atom is 0.0702 e. The van der Waals surface area contributed by atoms with Gasteiger partial charge in [0, 0.05) is 38.6 Å². The minimum absolute atomic E-state index is 1.06. The van der Waals surface area contributed by atoms with Crippen LogP contribution in [0.15, 0.2) is 206 Å². The minimum Gasteiger partial charge on any atom is -0.309 e. The SMILES string of the molecule is Cc1ccccc1N(c1ccc2c3ccccc3n(-c3cc(C4=CCCC=C4)cc(-c4ccccc4)c3)c2c1)c1ccccc1-n1c2ccccc2c2ccccc21. The number of hydrogen-bond donors (Lipinski definition) is 0. The number of fused-ring (bicyclic) bond motifs is 6. The molecule has 3 heteroatoms. The third-order valence-corrected chi connectivity index (χ3v) is 11.8. The van der Waals surface area contributed by atoms with Gasteiger partial charge in [0.15, 0.2) is 0 Å². The summed E-state index contributed by atoms with van der Waals surface area (Å²) in [5.74, 6) is 0. The first-order valence-electron chi connectivity index (χ1n) is 20.3. The van der Waals surface area contributed by atoms with Crippen LogP contribution in [0.25, 0.3) is 71.7 Å². The Hall–Kier alpha value is -7.36.